The van der Waals surface area contributed by atoms with Gasteiger partial charge in [-0.05, 0) is 42.5 Å². The van der Waals surface area contributed by atoms with Gasteiger partial charge < -0.3 is 19.5 Å². The minimum atomic E-state index is -0.792. The van der Waals surface area contributed by atoms with Gasteiger partial charge in [0.05, 0.1) is 18.9 Å². The number of hydrogen-bond donors (Lipinski definition) is 1. The van der Waals surface area contributed by atoms with Crippen LogP contribution in [-0.2, 0) is 4.74 Å². The molecule has 1 saturated heterocycles. The molecule has 3 aromatic rings. The fourth-order valence-corrected chi connectivity index (χ4v) is 3.19. The molecule has 1 aliphatic heterocycles. The molecular weight excluding hydrogens is 434 g/mol. The van der Waals surface area contributed by atoms with Gasteiger partial charge in [-0.25, -0.2) is 18.6 Å². The Morgan fingerprint density at radius 1 is 1.09 bits per heavy atom. The molecule has 0 radical (unpaired) electrons. The van der Waals surface area contributed by atoms with E-state index < -0.39 is 17.7 Å². The molecule has 1 aliphatic rings. The van der Waals surface area contributed by atoms with Gasteiger partial charge in [0.25, 0.3) is 0 Å². The van der Waals surface area contributed by atoms with Crippen molar-refractivity contribution in [1.29, 1.82) is 0 Å². The zero-order valence-electron chi connectivity index (χ0n) is 17.7. The highest BCUT2D eigenvalue weighted by Gasteiger charge is 2.12. The Kier molecular flexibility index (Phi) is 7.38. The van der Waals surface area contributed by atoms with Crippen LogP contribution in [-0.4, -0.2) is 60.4 Å². The Balaban J connectivity index is 1.32. The van der Waals surface area contributed by atoms with Crippen molar-refractivity contribution in [3.63, 3.8) is 0 Å². The van der Waals surface area contributed by atoms with E-state index in [-0.39, 0.29) is 11.8 Å². The maximum absolute atomic E-state index is 13.8. The third-order valence-corrected chi connectivity index (χ3v) is 4.89. The van der Waals surface area contributed by atoms with Crippen LogP contribution in [0.25, 0.3) is 11.3 Å². The number of ether oxygens (including phenoxy) is 3. The number of nitrogens with one attached hydrogen (secondary N) is 1. The van der Waals surface area contributed by atoms with E-state index in [2.05, 4.69) is 20.2 Å². The molecular formula is C23H22F2N4O4. The van der Waals surface area contributed by atoms with Crippen LogP contribution in [0.5, 0.6) is 17.5 Å². The van der Waals surface area contributed by atoms with Gasteiger partial charge in [0.1, 0.15) is 11.6 Å². The molecule has 0 aliphatic carbocycles. The van der Waals surface area contributed by atoms with Gasteiger partial charge >= 0.3 is 12.1 Å². The summed E-state index contributed by atoms with van der Waals surface area (Å²) in [6, 6.07) is 11.4. The van der Waals surface area contributed by atoms with Crippen LogP contribution < -0.4 is 14.8 Å². The molecule has 4 rings (SSSR count). The van der Waals surface area contributed by atoms with E-state index >= 15 is 0 Å². The fraction of sp³-hybridized carbons (Fsp3) is 0.261. The summed E-state index contributed by atoms with van der Waals surface area (Å²) in [5, 5.41) is 2.68. The number of carbonyl (C=O) groups excluding carboxylic acids is 1. The highest BCUT2D eigenvalue weighted by Crippen LogP contribution is 2.27. The molecule has 1 N–H and O–H groups in total. The lowest BCUT2D eigenvalue weighted by Gasteiger charge is -2.26. The number of nitrogens with zero attached hydrogens (tertiary/aromatic N) is 3. The summed E-state index contributed by atoms with van der Waals surface area (Å²) in [6.45, 7) is 4.21. The van der Waals surface area contributed by atoms with Gasteiger partial charge in [-0.2, -0.15) is 4.98 Å². The zero-order chi connectivity index (χ0) is 23.0. The first-order valence-corrected chi connectivity index (χ1v) is 10.4. The summed E-state index contributed by atoms with van der Waals surface area (Å²) in [6.07, 6.45) is 0.849. The predicted molar refractivity (Wildman–Crippen MR) is 115 cm³/mol. The predicted octanol–water partition coefficient (Wildman–Crippen LogP) is 3.63. The van der Waals surface area contributed by atoms with Crippen LogP contribution in [0.2, 0.25) is 0 Å². The number of benzene rings is 2. The van der Waals surface area contributed by atoms with Crippen LogP contribution in [0.1, 0.15) is 0 Å². The molecule has 1 amide bonds. The third kappa shape index (κ3) is 6.43. The molecule has 1 fully saturated rings. The second kappa shape index (κ2) is 10.8. The molecule has 8 nitrogen and oxygen atoms in total. The van der Waals surface area contributed by atoms with Crippen LogP contribution in [0, 0.1) is 11.6 Å². The van der Waals surface area contributed by atoms with E-state index in [1.165, 1.54) is 12.3 Å². The molecule has 2 heterocycles. The lowest BCUT2D eigenvalue weighted by molar-refractivity contribution is 0.0385. The lowest BCUT2D eigenvalue weighted by Crippen LogP contribution is -2.41. The molecule has 2 aromatic carbocycles. The largest absolute Gasteiger partial charge is 0.454 e. The van der Waals surface area contributed by atoms with Crippen molar-refractivity contribution in [3.8, 4) is 28.8 Å². The minimum absolute atomic E-state index is 0.0786. The van der Waals surface area contributed by atoms with E-state index in [4.69, 9.17) is 14.2 Å². The lowest BCUT2D eigenvalue weighted by atomic mass is 10.1. The van der Waals surface area contributed by atoms with Crippen LogP contribution in [0.15, 0.2) is 54.7 Å². The average Bonchev–Trinajstić information content (AvgIpc) is 2.82. The van der Waals surface area contributed by atoms with Crippen LogP contribution in [0.4, 0.5) is 13.6 Å². The molecule has 10 heteroatoms. The Morgan fingerprint density at radius 2 is 1.88 bits per heavy atom. The fourth-order valence-electron chi connectivity index (χ4n) is 3.19. The molecule has 33 heavy (non-hydrogen) atoms. The Hall–Kier alpha value is -3.63. The SMILES string of the molecule is O=C(NCCN1CCOCC1)Oc1nccc(-c2ccc(Oc3ccc(F)cc3F)cc2)n1. The topological polar surface area (TPSA) is 85.8 Å². The van der Waals surface area contributed by atoms with Crippen molar-refractivity contribution in [3.05, 3.63) is 66.4 Å². The molecule has 0 spiro atoms. The summed E-state index contributed by atoms with van der Waals surface area (Å²) in [5.74, 6) is -1.18. The molecule has 0 atom stereocenters. The quantitative estimate of drug-likeness (QED) is 0.581. The van der Waals surface area contributed by atoms with Gasteiger partial charge in [-0.15, -0.1) is 0 Å². The second-order valence-corrected chi connectivity index (χ2v) is 7.20. The van der Waals surface area contributed by atoms with E-state index in [0.29, 0.717) is 43.3 Å². The van der Waals surface area contributed by atoms with Crippen molar-refractivity contribution < 1.29 is 27.8 Å². The van der Waals surface area contributed by atoms with Crippen molar-refractivity contribution in [2.24, 2.45) is 0 Å². The number of morpholine rings is 1. The first-order chi connectivity index (χ1) is 16.1. The Morgan fingerprint density at radius 3 is 2.64 bits per heavy atom. The molecule has 1 aromatic heterocycles. The number of rotatable bonds is 7. The van der Waals surface area contributed by atoms with E-state index in [9.17, 15) is 13.6 Å². The normalized spacial score (nSPS) is 14.0. The first-order valence-electron chi connectivity index (χ1n) is 10.4. The Labute approximate surface area is 189 Å². The highest BCUT2D eigenvalue weighted by molar-refractivity contribution is 5.69. The number of halogens is 2. The van der Waals surface area contributed by atoms with E-state index in [1.54, 1.807) is 30.3 Å². The summed E-state index contributed by atoms with van der Waals surface area (Å²) in [4.78, 5) is 22.5. The van der Waals surface area contributed by atoms with Gasteiger partial charge in [0.2, 0.25) is 0 Å². The smallest absolute Gasteiger partial charge is 0.415 e. The number of amides is 1. The molecule has 0 unspecified atom stereocenters. The van der Waals surface area contributed by atoms with E-state index in [0.717, 1.165) is 25.2 Å². The maximum Gasteiger partial charge on any atom is 0.415 e. The minimum Gasteiger partial charge on any atom is -0.454 e. The third-order valence-electron chi connectivity index (χ3n) is 4.89. The number of carbonyl (C=O) groups is 1. The first kappa shape index (κ1) is 22.6. The summed E-state index contributed by atoms with van der Waals surface area (Å²) >= 11 is 0. The average molecular weight is 456 g/mol. The number of aromatic nitrogens is 2. The van der Waals surface area contributed by atoms with Crippen molar-refractivity contribution in [1.82, 2.24) is 20.2 Å². The van der Waals surface area contributed by atoms with Gasteiger partial charge in [0.15, 0.2) is 11.6 Å². The Bertz CT molecular complexity index is 1090. The van der Waals surface area contributed by atoms with Gasteiger partial charge in [-0.1, -0.05) is 0 Å². The summed E-state index contributed by atoms with van der Waals surface area (Å²) in [7, 11) is 0. The van der Waals surface area contributed by atoms with E-state index in [1.807, 2.05) is 0 Å². The molecule has 172 valence electrons. The zero-order valence-corrected chi connectivity index (χ0v) is 17.7. The van der Waals surface area contributed by atoms with Crippen LogP contribution in [0.3, 0.4) is 0 Å². The maximum atomic E-state index is 13.8. The summed E-state index contributed by atoms with van der Waals surface area (Å²) in [5.41, 5.74) is 1.24. The second-order valence-electron chi connectivity index (χ2n) is 7.20. The molecule has 0 bridgehead atoms. The van der Waals surface area contributed by atoms with Crippen molar-refractivity contribution in [2.45, 2.75) is 0 Å². The number of hydrogen-bond acceptors (Lipinski definition) is 7. The van der Waals surface area contributed by atoms with Crippen molar-refractivity contribution >= 4 is 6.09 Å². The summed E-state index contributed by atoms with van der Waals surface area (Å²) < 4.78 is 42.7. The monoisotopic (exact) mass is 456 g/mol. The standard InChI is InChI=1S/C23H22F2N4O4/c24-17-3-6-21(19(25)15-17)32-18-4-1-16(2-5-18)20-7-8-26-22(28-20)33-23(30)27-9-10-29-11-13-31-14-12-29/h1-8,15H,9-14H2,(H,27,30). The highest BCUT2D eigenvalue weighted by atomic mass is 19.1. The van der Waals surface area contributed by atoms with Crippen molar-refractivity contribution in [2.75, 3.05) is 39.4 Å². The van der Waals surface area contributed by atoms with Gasteiger partial charge in [-0.3, -0.25) is 4.90 Å². The van der Waals surface area contributed by atoms with Crippen LogP contribution >= 0.6 is 0 Å². The molecule has 0 saturated carbocycles. The van der Waals surface area contributed by atoms with Gasteiger partial charge in [0, 0.05) is 44.0 Å².